The van der Waals surface area contributed by atoms with Gasteiger partial charge < -0.3 is 9.64 Å². The number of benzene rings is 3. The van der Waals surface area contributed by atoms with Gasteiger partial charge in [0.05, 0.1) is 8.48 Å². The summed E-state index contributed by atoms with van der Waals surface area (Å²) in [5.74, 6) is 0.160. The minimum atomic E-state index is -0.417. The Kier molecular flexibility index (Phi) is 7.10. The van der Waals surface area contributed by atoms with Crippen LogP contribution >= 0.6 is 34.4 Å². The molecule has 35 heavy (non-hydrogen) atoms. The SMILES string of the molecule is O=C(CN1C(=O)S/C(=C/c2ccc(OCc3ccc4ccccc4c3)c(I)c2)C1=O)N1CCCC1. The zero-order valence-electron chi connectivity index (χ0n) is 18.9. The summed E-state index contributed by atoms with van der Waals surface area (Å²) >= 11 is 3.08. The molecule has 0 saturated carbocycles. The van der Waals surface area contributed by atoms with Crippen molar-refractivity contribution in [2.75, 3.05) is 19.6 Å². The first-order chi connectivity index (χ1) is 17.0. The molecule has 0 unspecified atom stereocenters. The third kappa shape index (κ3) is 5.38. The summed E-state index contributed by atoms with van der Waals surface area (Å²) in [6.07, 6.45) is 3.63. The van der Waals surface area contributed by atoms with E-state index in [1.807, 2.05) is 30.3 Å². The van der Waals surface area contributed by atoms with Crippen LogP contribution in [0.25, 0.3) is 16.8 Å². The zero-order valence-corrected chi connectivity index (χ0v) is 21.9. The molecule has 0 N–H and O–H groups in total. The van der Waals surface area contributed by atoms with Crippen LogP contribution in [0.4, 0.5) is 4.79 Å². The molecule has 3 aromatic carbocycles. The number of thioether (sulfide) groups is 1. The van der Waals surface area contributed by atoms with Crippen molar-refractivity contribution in [1.29, 1.82) is 0 Å². The molecule has 3 aromatic rings. The van der Waals surface area contributed by atoms with Gasteiger partial charge in [0.1, 0.15) is 18.9 Å². The minimum absolute atomic E-state index is 0.173. The van der Waals surface area contributed by atoms with E-state index in [0.717, 1.165) is 50.0 Å². The maximum Gasteiger partial charge on any atom is 0.294 e. The van der Waals surface area contributed by atoms with Crippen molar-refractivity contribution in [2.24, 2.45) is 0 Å². The number of carbonyl (C=O) groups is 3. The quantitative estimate of drug-likeness (QED) is 0.270. The molecular formula is C27H23IN2O4S. The molecule has 2 heterocycles. The highest BCUT2D eigenvalue weighted by Crippen LogP contribution is 2.33. The predicted octanol–water partition coefficient (Wildman–Crippen LogP) is 5.68. The number of hydrogen-bond acceptors (Lipinski definition) is 5. The van der Waals surface area contributed by atoms with E-state index in [1.165, 1.54) is 10.8 Å². The summed E-state index contributed by atoms with van der Waals surface area (Å²) in [6, 6.07) is 20.1. The first-order valence-electron chi connectivity index (χ1n) is 11.4. The molecule has 0 bridgehead atoms. The molecule has 0 aromatic heterocycles. The normalized spacial score (nSPS) is 17.1. The molecule has 2 aliphatic heterocycles. The standard InChI is InChI=1S/C27H23IN2O4S/c28-22-14-18(8-10-23(22)34-17-19-7-9-20-5-1-2-6-21(20)13-19)15-24-26(32)30(27(33)35-24)16-25(31)29-11-3-4-12-29/h1-2,5-10,13-15H,3-4,11-12,16-17H2/b24-15+. The lowest BCUT2D eigenvalue weighted by atomic mass is 10.1. The van der Waals surface area contributed by atoms with E-state index in [0.29, 0.717) is 24.6 Å². The number of carbonyl (C=O) groups excluding carboxylic acids is 3. The van der Waals surface area contributed by atoms with Gasteiger partial charge in [-0.05, 0) is 93.4 Å². The van der Waals surface area contributed by atoms with E-state index in [4.69, 9.17) is 4.74 Å². The molecule has 0 atom stereocenters. The van der Waals surface area contributed by atoms with Gasteiger partial charge >= 0.3 is 0 Å². The van der Waals surface area contributed by atoms with Gasteiger partial charge in [0, 0.05) is 13.1 Å². The topological polar surface area (TPSA) is 66.9 Å². The fraction of sp³-hybridized carbons (Fsp3) is 0.222. The van der Waals surface area contributed by atoms with Gasteiger partial charge in [-0.2, -0.15) is 0 Å². The average molecular weight is 598 g/mol. The number of fused-ring (bicyclic) bond motifs is 1. The van der Waals surface area contributed by atoms with Crippen LogP contribution in [0.2, 0.25) is 0 Å². The molecule has 5 rings (SSSR count). The fourth-order valence-electron chi connectivity index (χ4n) is 4.20. The van der Waals surface area contributed by atoms with E-state index in [-0.39, 0.29) is 12.5 Å². The van der Waals surface area contributed by atoms with Crippen molar-refractivity contribution >= 4 is 68.3 Å². The molecule has 0 aliphatic carbocycles. The minimum Gasteiger partial charge on any atom is -0.488 e. The third-order valence-electron chi connectivity index (χ3n) is 6.09. The number of nitrogens with zero attached hydrogens (tertiary/aromatic N) is 2. The zero-order chi connectivity index (χ0) is 24.4. The highest BCUT2D eigenvalue weighted by molar-refractivity contribution is 14.1. The second kappa shape index (κ2) is 10.4. The van der Waals surface area contributed by atoms with Gasteiger partial charge in [-0.15, -0.1) is 0 Å². The van der Waals surface area contributed by atoms with Crippen LogP contribution in [0.3, 0.4) is 0 Å². The van der Waals surface area contributed by atoms with Gasteiger partial charge in [-0.1, -0.05) is 42.5 Å². The van der Waals surface area contributed by atoms with Crippen LogP contribution in [0.1, 0.15) is 24.0 Å². The molecule has 0 radical (unpaired) electrons. The maximum absolute atomic E-state index is 12.8. The van der Waals surface area contributed by atoms with Crippen LogP contribution in [0.5, 0.6) is 5.75 Å². The molecule has 6 nitrogen and oxygen atoms in total. The van der Waals surface area contributed by atoms with Crippen molar-refractivity contribution in [1.82, 2.24) is 9.80 Å². The Bertz CT molecular complexity index is 1350. The number of rotatable bonds is 6. The summed E-state index contributed by atoms with van der Waals surface area (Å²) in [6.45, 7) is 1.64. The lowest BCUT2D eigenvalue weighted by Gasteiger charge is -2.18. The third-order valence-corrected chi connectivity index (χ3v) is 7.84. The Morgan fingerprint density at radius 2 is 1.77 bits per heavy atom. The molecular weight excluding hydrogens is 575 g/mol. The summed E-state index contributed by atoms with van der Waals surface area (Å²) in [4.78, 5) is 40.7. The van der Waals surface area contributed by atoms with Crippen LogP contribution in [0.15, 0.2) is 65.6 Å². The summed E-state index contributed by atoms with van der Waals surface area (Å²) in [5.41, 5.74) is 1.88. The second-order valence-electron chi connectivity index (χ2n) is 8.52. The highest BCUT2D eigenvalue weighted by Gasteiger charge is 2.37. The Morgan fingerprint density at radius 1 is 1.00 bits per heavy atom. The van der Waals surface area contributed by atoms with E-state index >= 15 is 0 Å². The monoisotopic (exact) mass is 598 g/mol. The Hall–Kier alpha value is -2.85. The van der Waals surface area contributed by atoms with Crippen molar-refractivity contribution in [3.05, 3.63) is 80.3 Å². The van der Waals surface area contributed by atoms with Gasteiger partial charge in [-0.25, -0.2) is 0 Å². The first kappa shape index (κ1) is 23.9. The van der Waals surface area contributed by atoms with E-state index in [1.54, 1.807) is 11.0 Å². The van der Waals surface area contributed by atoms with Gasteiger partial charge in [0.2, 0.25) is 5.91 Å². The van der Waals surface area contributed by atoms with Crippen LogP contribution in [0, 0.1) is 3.57 Å². The smallest absolute Gasteiger partial charge is 0.294 e. The van der Waals surface area contributed by atoms with Gasteiger partial charge in [-0.3, -0.25) is 19.3 Å². The van der Waals surface area contributed by atoms with E-state index < -0.39 is 11.1 Å². The Morgan fingerprint density at radius 3 is 2.54 bits per heavy atom. The number of imide groups is 1. The van der Waals surface area contributed by atoms with Crippen molar-refractivity contribution < 1.29 is 19.1 Å². The van der Waals surface area contributed by atoms with Crippen molar-refractivity contribution in [2.45, 2.75) is 19.4 Å². The molecule has 178 valence electrons. The number of hydrogen-bond donors (Lipinski definition) is 0. The number of halogens is 1. The summed E-state index contributed by atoms with van der Waals surface area (Å²) in [7, 11) is 0. The molecule has 2 saturated heterocycles. The highest BCUT2D eigenvalue weighted by atomic mass is 127. The lowest BCUT2D eigenvalue weighted by molar-refractivity contribution is -0.135. The van der Waals surface area contributed by atoms with E-state index in [2.05, 4.69) is 52.9 Å². The molecule has 2 aliphatic rings. The van der Waals surface area contributed by atoms with Crippen LogP contribution < -0.4 is 4.74 Å². The number of likely N-dealkylation sites (tertiary alicyclic amines) is 1. The molecule has 3 amide bonds. The van der Waals surface area contributed by atoms with Gasteiger partial charge in [0.25, 0.3) is 11.1 Å². The average Bonchev–Trinajstić information content (AvgIpc) is 3.48. The van der Waals surface area contributed by atoms with Crippen molar-refractivity contribution in [3.8, 4) is 5.75 Å². The lowest BCUT2D eigenvalue weighted by Crippen LogP contribution is -2.40. The maximum atomic E-state index is 12.8. The first-order valence-corrected chi connectivity index (χ1v) is 13.3. The molecule has 0 spiro atoms. The Labute approximate surface area is 221 Å². The van der Waals surface area contributed by atoms with Crippen molar-refractivity contribution in [3.63, 3.8) is 0 Å². The van der Waals surface area contributed by atoms with E-state index in [9.17, 15) is 14.4 Å². The Balaban J connectivity index is 1.24. The van der Waals surface area contributed by atoms with Crippen LogP contribution in [-0.4, -0.2) is 46.5 Å². The number of amides is 3. The predicted molar refractivity (Wildman–Crippen MR) is 146 cm³/mol. The molecule has 2 fully saturated rings. The molecule has 8 heteroatoms. The number of ether oxygens (including phenoxy) is 1. The van der Waals surface area contributed by atoms with Crippen LogP contribution in [-0.2, 0) is 16.2 Å². The largest absolute Gasteiger partial charge is 0.488 e. The second-order valence-corrected chi connectivity index (χ2v) is 10.7. The van der Waals surface area contributed by atoms with Gasteiger partial charge in [0.15, 0.2) is 0 Å². The summed E-state index contributed by atoms with van der Waals surface area (Å²) in [5, 5.41) is 1.97. The summed E-state index contributed by atoms with van der Waals surface area (Å²) < 4.78 is 6.94. The fourth-order valence-corrected chi connectivity index (χ4v) is 5.74.